The van der Waals surface area contributed by atoms with Crippen LogP contribution in [0, 0.1) is 24.2 Å². The molecule has 0 N–H and O–H groups in total. The third-order valence-corrected chi connectivity index (χ3v) is 3.59. The fraction of sp³-hybridized carbons (Fsp3) is 0.786. The van der Waals surface area contributed by atoms with E-state index in [9.17, 15) is 18.0 Å². The zero-order valence-corrected chi connectivity index (χ0v) is 11.2. The molecule has 0 aromatic carbocycles. The second-order valence-electron chi connectivity index (χ2n) is 5.00. The van der Waals surface area contributed by atoms with E-state index in [2.05, 4.69) is 5.92 Å². The van der Waals surface area contributed by atoms with Crippen molar-refractivity contribution in [3.8, 4) is 12.3 Å². The van der Waals surface area contributed by atoms with E-state index in [1.54, 1.807) is 0 Å². The standard InChI is InChI=1S/C14H20F3NO/c1-3-9-18(10-4-2)13(19)11-7-5-6-8-12(11)14(15,16)17/h1,11-12H,4-10H2,2H3. The largest absolute Gasteiger partial charge is 0.392 e. The quantitative estimate of drug-likeness (QED) is 0.721. The number of amides is 1. The summed E-state index contributed by atoms with van der Waals surface area (Å²) in [5.41, 5.74) is 0. The minimum atomic E-state index is -4.30. The van der Waals surface area contributed by atoms with Gasteiger partial charge in [0.1, 0.15) is 0 Å². The minimum Gasteiger partial charge on any atom is -0.331 e. The van der Waals surface area contributed by atoms with Crippen LogP contribution < -0.4 is 0 Å². The smallest absolute Gasteiger partial charge is 0.331 e. The summed E-state index contributed by atoms with van der Waals surface area (Å²) in [6.07, 6.45) is 3.16. The molecule has 1 fully saturated rings. The number of terminal acetylenes is 1. The maximum absolute atomic E-state index is 13.0. The first-order valence-electron chi connectivity index (χ1n) is 6.70. The van der Waals surface area contributed by atoms with Gasteiger partial charge in [0.25, 0.3) is 0 Å². The van der Waals surface area contributed by atoms with Gasteiger partial charge in [-0.2, -0.15) is 13.2 Å². The molecule has 1 aliphatic carbocycles. The Labute approximate surface area is 112 Å². The highest BCUT2D eigenvalue weighted by Crippen LogP contribution is 2.42. The summed E-state index contributed by atoms with van der Waals surface area (Å²) >= 11 is 0. The molecule has 0 spiro atoms. The maximum Gasteiger partial charge on any atom is 0.392 e. The summed E-state index contributed by atoms with van der Waals surface area (Å²) < 4.78 is 38.9. The van der Waals surface area contributed by atoms with Gasteiger partial charge in [-0.25, -0.2) is 0 Å². The minimum absolute atomic E-state index is 0.0515. The lowest BCUT2D eigenvalue weighted by atomic mass is 9.78. The highest BCUT2D eigenvalue weighted by atomic mass is 19.4. The summed E-state index contributed by atoms with van der Waals surface area (Å²) in [6.45, 7) is 2.39. The fourth-order valence-corrected chi connectivity index (χ4v) is 2.70. The average molecular weight is 275 g/mol. The monoisotopic (exact) mass is 275 g/mol. The van der Waals surface area contributed by atoms with Crippen molar-refractivity contribution < 1.29 is 18.0 Å². The molecule has 0 heterocycles. The highest BCUT2D eigenvalue weighted by Gasteiger charge is 2.48. The van der Waals surface area contributed by atoms with E-state index in [1.165, 1.54) is 4.90 Å². The van der Waals surface area contributed by atoms with E-state index in [0.717, 1.165) is 0 Å². The Morgan fingerprint density at radius 2 is 2.00 bits per heavy atom. The van der Waals surface area contributed by atoms with Crippen LogP contribution in [0.15, 0.2) is 0 Å². The summed E-state index contributed by atoms with van der Waals surface area (Å²) in [7, 11) is 0. The Hall–Kier alpha value is -1.18. The average Bonchev–Trinajstić information content (AvgIpc) is 2.37. The van der Waals surface area contributed by atoms with Crippen LogP contribution in [0.2, 0.25) is 0 Å². The molecule has 0 aliphatic heterocycles. The molecule has 0 saturated heterocycles. The molecule has 108 valence electrons. The third kappa shape index (κ3) is 4.15. The summed E-state index contributed by atoms with van der Waals surface area (Å²) in [6, 6.07) is 0. The van der Waals surface area contributed by atoms with Crippen molar-refractivity contribution in [1.29, 1.82) is 0 Å². The predicted octanol–water partition coefficient (Wildman–Crippen LogP) is 3.23. The molecule has 1 saturated carbocycles. The fourth-order valence-electron chi connectivity index (χ4n) is 2.70. The Morgan fingerprint density at radius 1 is 1.37 bits per heavy atom. The molecule has 0 bridgehead atoms. The molecule has 1 amide bonds. The van der Waals surface area contributed by atoms with Crippen LogP contribution in [0.1, 0.15) is 39.0 Å². The molecular formula is C14H20F3NO. The third-order valence-electron chi connectivity index (χ3n) is 3.59. The van der Waals surface area contributed by atoms with E-state index in [1.807, 2.05) is 6.92 Å². The van der Waals surface area contributed by atoms with Gasteiger partial charge in [-0.15, -0.1) is 6.42 Å². The van der Waals surface area contributed by atoms with Crippen LogP contribution in [-0.2, 0) is 4.79 Å². The number of alkyl halides is 3. The number of carbonyl (C=O) groups is 1. The molecule has 2 unspecified atom stereocenters. The van der Waals surface area contributed by atoms with Crippen LogP contribution in [0.3, 0.4) is 0 Å². The summed E-state index contributed by atoms with van der Waals surface area (Å²) in [4.78, 5) is 13.6. The van der Waals surface area contributed by atoms with E-state index < -0.39 is 23.9 Å². The van der Waals surface area contributed by atoms with Crippen molar-refractivity contribution in [3.63, 3.8) is 0 Å². The van der Waals surface area contributed by atoms with Crippen molar-refractivity contribution in [2.45, 2.75) is 45.2 Å². The Morgan fingerprint density at radius 3 is 2.53 bits per heavy atom. The molecule has 2 nitrogen and oxygen atoms in total. The van der Waals surface area contributed by atoms with Crippen molar-refractivity contribution >= 4 is 5.91 Å². The molecule has 0 radical (unpaired) electrons. The van der Waals surface area contributed by atoms with Crippen LogP contribution in [0.25, 0.3) is 0 Å². The second-order valence-corrected chi connectivity index (χ2v) is 5.00. The topological polar surface area (TPSA) is 20.3 Å². The number of hydrogen-bond donors (Lipinski definition) is 0. The zero-order valence-electron chi connectivity index (χ0n) is 11.2. The molecule has 0 aromatic rings. The number of halogens is 3. The Kier molecular flexibility index (Phi) is 5.71. The summed E-state index contributed by atoms with van der Waals surface area (Å²) in [5.74, 6) is -0.538. The van der Waals surface area contributed by atoms with E-state index in [4.69, 9.17) is 6.42 Å². The number of rotatable bonds is 4. The SMILES string of the molecule is C#CCN(CCC)C(=O)C1CCCCC1C(F)(F)F. The lowest BCUT2D eigenvalue weighted by molar-refractivity contribution is -0.200. The van der Waals surface area contributed by atoms with Gasteiger partial charge in [0.05, 0.1) is 12.5 Å². The number of nitrogens with zero attached hydrogens (tertiary/aromatic N) is 1. The van der Waals surface area contributed by atoms with Crippen LogP contribution in [0.5, 0.6) is 0 Å². The molecule has 2 atom stereocenters. The highest BCUT2D eigenvalue weighted by molar-refractivity contribution is 5.79. The molecule has 5 heteroatoms. The van der Waals surface area contributed by atoms with E-state index in [-0.39, 0.29) is 13.0 Å². The van der Waals surface area contributed by atoms with Gasteiger partial charge in [-0.05, 0) is 19.3 Å². The summed E-state index contributed by atoms with van der Waals surface area (Å²) in [5, 5.41) is 0. The lowest BCUT2D eigenvalue weighted by Gasteiger charge is -2.35. The van der Waals surface area contributed by atoms with Crippen LogP contribution >= 0.6 is 0 Å². The Balaban J connectivity index is 2.84. The van der Waals surface area contributed by atoms with Gasteiger partial charge < -0.3 is 4.90 Å². The van der Waals surface area contributed by atoms with Gasteiger partial charge >= 0.3 is 6.18 Å². The van der Waals surface area contributed by atoms with Crippen molar-refractivity contribution in [2.75, 3.05) is 13.1 Å². The lowest BCUT2D eigenvalue weighted by Crippen LogP contribution is -2.45. The Bertz CT molecular complexity index is 346. The normalized spacial score (nSPS) is 23.7. The van der Waals surface area contributed by atoms with Crippen molar-refractivity contribution in [2.24, 2.45) is 11.8 Å². The first-order valence-corrected chi connectivity index (χ1v) is 6.70. The van der Waals surface area contributed by atoms with Crippen molar-refractivity contribution in [3.05, 3.63) is 0 Å². The van der Waals surface area contributed by atoms with Crippen LogP contribution in [-0.4, -0.2) is 30.1 Å². The van der Waals surface area contributed by atoms with Gasteiger partial charge in [0, 0.05) is 12.5 Å². The van der Waals surface area contributed by atoms with E-state index >= 15 is 0 Å². The maximum atomic E-state index is 13.0. The van der Waals surface area contributed by atoms with E-state index in [0.29, 0.717) is 32.2 Å². The molecule has 19 heavy (non-hydrogen) atoms. The molecular weight excluding hydrogens is 255 g/mol. The molecule has 0 aromatic heterocycles. The van der Waals surface area contributed by atoms with Gasteiger partial charge in [-0.1, -0.05) is 25.7 Å². The predicted molar refractivity (Wildman–Crippen MR) is 67.2 cm³/mol. The first-order chi connectivity index (χ1) is 8.91. The zero-order chi connectivity index (χ0) is 14.5. The van der Waals surface area contributed by atoms with Gasteiger partial charge in [0.15, 0.2) is 0 Å². The van der Waals surface area contributed by atoms with Crippen molar-refractivity contribution in [1.82, 2.24) is 4.90 Å². The number of hydrogen-bond acceptors (Lipinski definition) is 1. The molecule has 1 aliphatic rings. The van der Waals surface area contributed by atoms with Crippen LogP contribution in [0.4, 0.5) is 13.2 Å². The van der Waals surface area contributed by atoms with Gasteiger partial charge in [0.2, 0.25) is 5.91 Å². The van der Waals surface area contributed by atoms with Gasteiger partial charge in [-0.3, -0.25) is 4.79 Å². The number of carbonyl (C=O) groups excluding carboxylic acids is 1. The molecule has 1 rings (SSSR count). The second kappa shape index (κ2) is 6.83. The first kappa shape index (κ1) is 15.9.